The first kappa shape index (κ1) is 9.90. The molecule has 17 heavy (non-hydrogen) atoms. The van der Waals surface area contributed by atoms with Crippen LogP contribution in [-0.4, -0.2) is 5.97 Å². The van der Waals surface area contributed by atoms with Crippen LogP contribution < -0.4 is 4.74 Å². The van der Waals surface area contributed by atoms with Crippen molar-refractivity contribution in [3.05, 3.63) is 59.7 Å². The number of carbonyl (C=O) groups excluding carboxylic acids is 1. The first-order valence-corrected chi connectivity index (χ1v) is 5.34. The van der Waals surface area contributed by atoms with E-state index in [1.807, 2.05) is 12.1 Å². The number of fused-ring (bicyclic) bond motifs is 2. The van der Waals surface area contributed by atoms with Crippen molar-refractivity contribution >= 4 is 5.97 Å². The molecule has 0 fully saturated rings. The van der Waals surface area contributed by atoms with Crippen molar-refractivity contribution in [2.45, 2.75) is 5.92 Å². The number of carbonyl (C=O) groups is 1. The molecular formula is C14H9O3. The third-order valence-electron chi connectivity index (χ3n) is 2.92. The molecule has 3 rings (SSSR count). The van der Waals surface area contributed by atoms with Gasteiger partial charge in [-0.15, -0.1) is 0 Å². The summed E-state index contributed by atoms with van der Waals surface area (Å²) in [6.07, 6.45) is 0. The van der Waals surface area contributed by atoms with Crippen molar-refractivity contribution in [3.63, 3.8) is 0 Å². The Labute approximate surface area is 98.3 Å². The molecule has 0 spiro atoms. The third-order valence-corrected chi connectivity index (χ3v) is 2.92. The van der Waals surface area contributed by atoms with E-state index in [1.165, 1.54) is 0 Å². The molecule has 2 aromatic rings. The molecule has 1 radical (unpaired) electrons. The van der Waals surface area contributed by atoms with E-state index in [4.69, 9.17) is 4.74 Å². The Morgan fingerprint density at radius 1 is 0.882 bits per heavy atom. The van der Waals surface area contributed by atoms with Gasteiger partial charge in [-0.2, -0.15) is 0 Å². The van der Waals surface area contributed by atoms with Crippen LogP contribution in [0.3, 0.4) is 0 Å². The summed E-state index contributed by atoms with van der Waals surface area (Å²) in [5.41, 5.74) is 1.29. The Bertz CT molecular complexity index is 544. The van der Waals surface area contributed by atoms with E-state index in [0.29, 0.717) is 22.6 Å². The van der Waals surface area contributed by atoms with Crippen LogP contribution in [0.15, 0.2) is 48.5 Å². The van der Waals surface area contributed by atoms with Gasteiger partial charge >= 0.3 is 5.97 Å². The highest BCUT2D eigenvalue weighted by Crippen LogP contribution is 2.43. The molecule has 0 saturated heterocycles. The zero-order valence-corrected chi connectivity index (χ0v) is 8.92. The lowest BCUT2D eigenvalue weighted by Crippen LogP contribution is -2.17. The fourth-order valence-corrected chi connectivity index (χ4v) is 2.16. The van der Waals surface area contributed by atoms with Gasteiger partial charge in [0.2, 0.25) is 0 Å². The van der Waals surface area contributed by atoms with E-state index in [9.17, 15) is 9.90 Å². The van der Waals surface area contributed by atoms with Crippen molar-refractivity contribution in [3.8, 4) is 11.5 Å². The smallest absolute Gasteiger partial charge is 0.367 e. The highest BCUT2D eigenvalue weighted by atomic mass is 16.5. The summed E-state index contributed by atoms with van der Waals surface area (Å²) in [5.74, 6) is -0.690. The van der Waals surface area contributed by atoms with Gasteiger partial charge in [0.1, 0.15) is 17.4 Å². The number of benzene rings is 2. The van der Waals surface area contributed by atoms with Crippen molar-refractivity contribution in [1.82, 2.24) is 0 Å². The molecule has 0 aromatic heterocycles. The van der Waals surface area contributed by atoms with E-state index in [2.05, 4.69) is 0 Å². The predicted octanol–water partition coefficient (Wildman–Crippen LogP) is 2.88. The monoisotopic (exact) mass is 225 g/mol. The molecule has 0 aliphatic carbocycles. The van der Waals surface area contributed by atoms with Gasteiger partial charge in [-0.05, 0) is 12.1 Å². The lowest BCUT2D eigenvalue weighted by molar-refractivity contribution is -0.144. The van der Waals surface area contributed by atoms with E-state index in [1.54, 1.807) is 36.4 Å². The second-order valence-corrected chi connectivity index (χ2v) is 3.93. The molecule has 2 aromatic carbocycles. The Morgan fingerprint density at radius 2 is 1.35 bits per heavy atom. The normalized spacial score (nSPS) is 13.4. The maximum absolute atomic E-state index is 11.3. The molecule has 0 unspecified atom stereocenters. The molecular weight excluding hydrogens is 216 g/mol. The first-order valence-electron chi connectivity index (χ1n) is 5.34. The topological polar surface area (TPSA) is 46.2 Å². The number of rotatable bonds is 1. The Balaban J connectivity index is 2.24. The summed E-state index contributed by atoms with van der Waals surface area (Å²) in [5, 5.41) is 11.3. The maximum atomic E-state index is 11.3. The zero-order valence-electron chi connectivity index (χ0n) is 8.92. The lowest BCUT2D eigenvalue weighted by atomic mass is 9.88. The molecule has 0 bridgehead atoms. The highest BCUT2D eigenvalue weighted by Gasteiger charge is 2.33. The molecule has 0 saturated carbocycles. The summed E-state index contributed by atoms with van der Waals surface area (Å²) < 4.78 is 5.67. The summed E-state index contributed by atoms with van der Waals surface area (Å²) >= 11 is 0. The minimum atomic E-state index is -1.10. The largest absolute Gasteiger partial charge is 0.457 e. The molecule has 3 heteroatoms. The lowest BCUT2D eigenvalue weighted by Gasteiger charge is -2.24. The summed E-state index contributed by atoms with van der Waals surface area (Å²) in [4.78, 5) is 11.3. The van der Waals surface area contributed by atoms with Gasteiger partial charge in [0.05, 0.1) is 0 Å². The van der Waals surface area contributed by atoms with Gasteiger partial charge in [0.15, 0.2) is 0 Å². The van der Waals surface area contributed by atoms with E-state index < -0.39 is 11.9 Å². The SMILES string of the molecule is [O]C(=O)C1c2ccccc2Oc2ccccc21. The Kier molecular flexibility index (Phi) is 2.11. The van der Waals surface area contributed by atoms with Crippen LogP contribution in [0.25, 0.3) is 0 Å². The van der Waals surface area contributed by atoms with Crippen LogP contribution in [0.4, 0.5) is 0 Å². The van der Waals surface area contributed by atoms with Crippen LogP contribution >= 0.6 is 0 Å². The molecule has 0 atom stereocenters. The van der Waals surface area contributed by atoms with Crippen LogP contribution in [0, 0.1) is 0 Å². The summed E-state index contributed by atoms with van der Waals surface area (Å²) in [7, 11) is 0. The fourth-order valence-electron chi connectivity index (χ4n) is 2.16. The average Bonchev–Trinajstić information content (AvgIpc) is 2.35. The molecule has 3 nitrogen and oxygen atoms in total. The standard InChI is InChI=1S/C14H9O3/c15-14(16)13-9-5-1-3-7-11(9)17-12-8-4-2-6-10(12)13/h1-8,13H. The van der Waals surface area contributed by atoms with Crippen LogP contribution in [0.1, 0.15) is 17.0 Å². The highest BCUT2D eigenvalue weighted by molar-refractivity contribution is 5.83. The molecule has 83 valence electrons. The van der Waals surface area contributed by atoms with Crippen molar-refractivity contribution < 1.29 is 14.6 Å². The van der Waals surface area contributed by atoms with Gasteiger partial charge in [0, 0.05) is 11.1 Å². The minimum absolute atomic E-state index is 0.584. The fraction of sp³-hybridized carbons (Fsp3) is 0.0714. The maximum Gasteiger partial charge on any atom is 0.367 e. The number of para-hydroxylation sites is 2. The first-order chi connectivity index (χ1) is 8.27. The van der Waals surface area contributed by atoms with Gasteiger partial charge in [-0.25, -0.2) is 9.90 Å². The van der Waals surface area contributed by atoms with Gasteiger partial charge in [-0.1, -0.05) is 36.4 Å². The van der Waals surface area contributed by atoms with Crippen LogP contribution in [0.5, 0.6) is 11.5 Å². The quantitative estimate of drug-likeness (QED) is 0.749. The predicted molar refractivity (Wildman–Crippen MR) is 60.5 cm³/mol. The average molecular weight is 225 g/mol. The number of hydrogen-bond donors (Lipinski definition) is 0. The molecule has 0 N–H and O–H groups in total. The number of ether oxygens (including phenoxy) is 1. The second-order valence-electron chi connectivity index (χ2n) is 3.93. The van der Waals surface area contributed by atoms with Crippen molar-refractivity contribution in [2.75, 3.05) is 0 Å². The molecule has 1 aliphatic heterocycles. The van der Waals surface area contributed by atoms with Gasteiger partial charge in [-0.3, -0.25) is 0 Å². The molecule has 1 heterocycles. The van der Waals surface area contributed by atoms with E-state index >= 15 is 0 Å². The van der Waals surface area contributed by atoms with E-state index in [-0.39, 0.29) is 0 Å². The van der Waals surface area contributed by atoms with Crippen LogP contribution in [-0.2, 0) is 9.90 Å². The van der Waals surface area contributed by atoms with E-state index in [0.717, 1.165) is 0 Å². The second kappa shape index (κ2) is 3.63. The minimum Gasteiger partial charge on any atom is -0.457 e. The van der Waals surface area contributed by atoms with Crippen molar-refractivity contribution in [1.29, 1.82) is 0 Å². The molecule has 1 aliphatic rings. The Hall–Kier alpha value is -2.29. The number of hydrogen-bond acceptors (Lipinski definition) is 2. The van der Waals surface area contributed by atoms with Gasteiger partial charge < -0.3 is 4.74 Å². The van der Waals surface area contributed by atoms with Gasteiger partial charge in [0.25, 0.3) is 0 Å². The zero-order chi connectivity index (χ0) is 11.8. The summed E-state index contributed by atoms with van der Waals surface area (Å²) in [6.45, 7) is 0. The third kappa shape index (κ3) is 1.47. The molecule has 0 amide bonds. The Morgan fingerprint density at radius 3 is 1.82 bits per heavy atom. The van der Waals surface area contributed by atoms with Crippen LogP contribution in [0.2, 0.25) is 0 Å². The van der Waals surface area contributed by atoms with Crippen molar-refractivity contribution in [2.24, 2.45) is 0 Å². The summed E-state index contributed by atoms with van der Waals surface area (Å²) in [6, 6.07) is 14.3.